The van der Waals surface area contributed by atoms with Crippen LogP contribution in [0.5, 0.6) is 0 Å². The number of aromatic nitrogens is 2. The van der Waals surface area contributed by atoms with Crippen molar-refractivity contribution in [3.05, 3.63) is 33.5 Å². The lowest BCUT2D eigenvalue weighted by Crippen LogP contribution is -2.18. The van der Waals surface area contributed by atoms with Gasteiger partial charge in [0.05, 0.1) is 0 Å². The SMILES string of the molecule is CC(=O)C1CCC(c2nnc(-c3ccc(Br)cc3F)s2)CC1. The Hall–Kier alpha value is -1.14. The van der Waals surface area contributed by atoms with Gasteiger partial charge in [-0.2, -0.15) is 0 Å². The Labute approximate surface area is 141 Å². The maximum Gasteiger partial charge on any atom is 0.150 e. The molecule has 0 atom stereocenters. The first kappa shape index (κ1) is 15.7. The van der Waals surface area contributed by atoms with Crippen LogP contribution >= 0.6 is 27.3 Å². The molecular formula is C16H16BrFN2OS. The third kappa shape index (κ3) is 3.27. The molecule has 0 aliphatic heterocycles. The lowest BCUT2D eigenvalue weighted by atomic mass is 9.81. The minimum atomic E-state index is -0.294. The fraction of sp³-hybridized carbons (Fsp3) is 0.438. The van der Waals surface area contributed by atoms with Gasteiger partial charge in [0.1, 0.15) is 16.6 Å². The Morgan fingerprint density at radius 3 is 2.64 bits per heavy atom. The van der Waals surface area contributed by atoms with Crippen LogP contribution < -0.4 is 0 Å². The molecule has 22 heavy (non-hydrogen) atoms. The summed E-state index contributed by atoms with van der Waals surface area (Å²) >= 11 is 4.71. The first-order valence-corrected chi connectivity index (χ1v) is 8.95. The van der Waals surface area contributed by atoms with Gasteiger partial charge >= 0.3 is 0 Å². The molecule has 1 aliphatic rings. The van der Waals surface area contributed by atoms with E-state index in [1.165, 1.54) is 17.4 Å². The van der Waals surface area contributed by atoms with E-state index in [9.17, 15) is 9.18 Å². The van der Waals surface area contributed by atoms with E-state index in [1.54, 1.807) is 19.1 Å². The summed E-state index contributed by atoms with van der Waals surface area (Å²) in [5.74, 6) is 0.540. The van der Waals surface area contributed by atoms with Gasteiger partial charge in [0.15, 0.2) is 5.01 Å². The third-order valence-electron chi connectivity index (χ3n) is 4.25. The molecule has 1 aliphatic carbocycles. The molecule has 0 unspecified atom stereocenters. The van der Waals surface area contributed by atoms with Crippen molar-refractivity contribution in [1.29, 1.82) is 0 Å². The molecule has 1 saturated carbocycles. The summed E-state index contributed by atoms with van der Waals surface area (Å²) in [5.41, 5.74) is 0.490. The average molecular weight is 383 g/mol. The van der Waals surface area contributed by atoms with Crippen LogP contribution in [-0.2, 0) is 4.79 Å². The van der Waals surface area contributed by atoms with Crippen LogP contribution in [0.25, 0.3) is 10.6 Å². The average Bonchev–Trinajstić information content (AvgIpc) is 2.97. The lowest BCUT2D eigenvalue weighted by Gasteiger charge is -2.25. The molecule has 6 heteroatoms. The number of carbonyl (C=O) groups excluding carboxylic acids is 1. The van der Waals surface area contributed by atoms with Crippen molar-refractivity contribution in [2.24, 2.45) is 5.92 Å². The maximum absolute atomic E-state index is 14.0. The monoisotopic (exact) mass is 382 g/mol. The van der Waals surface area contributed by atoms with E-state index in [1.807, 2.05) is 0 Å². The molecule has 0 radical (unpaired) electrons. The number of hydrogen-bond donors (Lipinski definition) is 0. The van der Waals surface area contributed by atoms with Gasteiger partial charge in [0.2, 0.25) is 0 Å². The molecule has 2 aromatic rings. The van der Waals surface area contributed by atoms with E-state index in [-0.39, 0.29) is 17.5 Å². The standard InChI is InChI=1S/C16H16BrFN2OS/c1-9(21)10-2-4-11(5-3-10)15-19-20-16(22-15)13-7-6-12(17)8-14(13)18/h6-8,10-11H,2-5H2,1H3. The Morgan fingerprint density at radius 2 is 2.00 bits per heavy atom. The Bertz CT molecular complexity index is 695. The predicted molar refractivity (Wildman–Crippen MR) is 88.4 cm³/mol. The molecular weight excluding hydrogens is 367 g/mol. The Kier molecular flexibility index (Phi) is 4.68. The molecule has 0 spiro atoms. The highest BCUT2D eigenvalue weighted by Crippen LogP contribution is 2.39. The van der Waals surface area contributed by atoms with Crippen molar-refractivity contribution in [2.45, 2.75) is 38.5 Å². The summed E-state index contributed by atoms with van der Waals surface area (Å²) in [5, 5.41) is 9.98. The Balaban J connectivity index is 1.76. The van der Waals surface area contributed by atoms with E-state index in [4.69, 9.17) is 0 Å². The van der Waals surface area contributed by atoms with Gasteiger partial charge < -0.3 is 0 Å². The Morgan fingerprint density at radius 1 is 1.27 bits per heavy atom. The summed E-state index contributed by atoms with van der Waals surface area (Å²) < 4.78 is 14.7. The minimum Gasteiger partial charge on any atom is -0.300 e. The van der Waals surface area contributed by atoms with Crippen molar-refractivity contribution in [3.63, 3.8) is 0 Å². The predicted octanol–water partition coefficient (Wildman–Crippen LogP) is 4.97. The zero-order valence-electron chi connectivity index (χ0n) is 12.2. The minimum absolute atomic E-state index is 0.201. The number of halogens is 2. The van der Waals surface area contributed by atoms with E-state index in [0.717, 1.165) is 30.7 Å². The van der Waals surface area contributed by atoms with E-state index < -0.39 is 0 Å². The van der Waals surface area contributed by atoms with Crippen LogP contribution in [0.3, 0.4) is 0 Å². The molecule has 0 amide bonds. The zero-order chi connectivity index (χ0) is 15.7. The number of hydrogen-bond acceptors (Lipinski definition) is 4. The number of ketones is 1. The number of Topliss-reactive ketones (excluding diaryl/α,β-unsaturated/α-hetero) is 1. The van der Waals surface area contributed by atoms with Gasteiger partial charge in [-0.3, -0.25) is 4.79 Å². The molecule has 116 valence electrons. The van der Waals surface area contributed by atoms with Crippen LogP contribution in [0.15, 0.2) is 22.7 Å². The van der Waals surface area contributed by atoms with E-state index >= 15 is 0 Å². The zero-order valence-corrected chi connectivity index (χ0v) is 14.6. The van der Waals surface area contributed by atoms with Crippen LogP contribution in [0, 0.1) is 11.7 Å². The summed E-state index contributed by atoms with van der Waals surface area (Å²) in [6, 6.07) is 4.96. The van der Waals surface area contributed by atoms with Gasteiger partial charge in [0.25, 0.3) is 0 Å². The van der Waals surface area contributed by atoms with Gasteiger partial charge in [0, 0.05) is 21.9 Å². The van der Waals surface area contributed by atoms with Crippen LogP contribution in [0.1, 0.15) is 43.5 Å². The molecule has 1 aromatic heterocycles. The maximum atomic E-state index is 14.0. The second kappa shape index (κ2) is 6.54. The van der Waals surface area contributed by atoms with E-state index in [2.05, 4.69) is 26.1 Å². The van der Waals surface area contributed by atoms with Gasteiger partial charge in [-0.15, -0.1) is 10.2 Å². The first-order valence-electron chi connectivity index (χ1n) is 7.34. The number of carbonyl (C=O) groups is 1. The van der Waals surface area contributed by atoms with Gasteiger partial charge in [-0.1, -0.05) is 27.3 Å². The van der Waals surface area contributed by atoms with Crippen molar-refractivity contribution in [2.75, 3.05) is 0 Å². The number of nitrogens with zero attached hydrogens (tertiary/aromatic N) is 2. The molecule has 0 bridgehead atoms. The fourth-order valence-electron chi connectivity index (χ4n) is 2.92. The second-order valence-electron chi connectivity index (χ2n) is 5.73. The summed E-state index contributed by atoms with van der Waals surface area (Å²) in [4.78, 5) is 11.4. The molecule has 0 N–H and O–H groups in total. The summed E-state index contributed by atoms with van der Waals surface area (Å²) in [6.45, 7) is 1.67. The third-order valence-corrected chi connectivity index (χ3v) is 5.87. The highest BCUT2D eigenvalue weighted by molar-refractivity contribution is 9.10. The highest BCUT2D eigenvalue weighted by Gasteiger charge is 2.27. The number of benzene rings is 1. The second-order valence-corrected chi connectivity index (χ2v) is 7.65. The van der Waals surface area contributed by atoms with Crippen LogP contribution in [0.2, 0.25) is 0 Å². The topological polar surface area (TPSA) is 42.9 Å². The fourth-order valence-corrected chi connectivity index (χ4v) is 4.29. The van der Waals surface area contributed by atoms with E-state index in [0.29, 0.717) is 21.0 Å². The lowest BCUT2D eigenvalue weighted by molar-refractivity contribution is -0.121. The van der Waals surface area contributed by atoms with Crippen molar-refractivity contribution < 1.29 is 9.18 Å². The quantitative estimate of drug-likeness (QED) is 0.752. The van der Waals surface area contributed by atoms with Crippen molar-refractivity contribution in [1.82, 2.24) is 10.2 Å². The molecule has 0 saturated heterocycles. The smallest absolute Gasteiger partial charge is 0.150 e. The highest BCUT2D eigenvalue weighted by atomic mass is 79.9. The van der Waals surface area contributed by atoms with Crippen LogP contribution in [-0.4, -0.2) is 16.0 Å². The van der Waals surface area contributed by atoms with Crippen molar-refractivity contribution in [3.8, 4) is 10.6 Å². The summed E-state index contributed by atoms with van der Waals surface area (Å²) in [6.07, 6.45) is 3.76. The first-order chi connectivity index (χ1) is 10.5. The molecule has 1 aromatic carbocycles. The molecule has 3 nitrogen and oxygen atoms in total. The molecule has 1 heterocycles. The van der Waals surface area contributed by atoms with Crippen LogP contribution in [0.4, 0.5) is 4.39 Å². The number of rotatable bonds is 3. The normalized spacial score (nSPS) is 21.8. The molecule has 1 fully saturated rings. The van der Waals surface area contributed by atoms with Crippen molar-refractivity contribution >= 4 is 33.0 Å². The van der Waals surface area contributed by atoms with Gasteiger partial charge in [-0.05, 0) is 50.8 Å². The van der Waals surface area contributed by atoms with Gasteiger partial charge in [-0.25, -0.2) is 4.39 Å². The largest absolute Gasteiger partial charge is 0.300 e. The molecule has 3 rings (SSSR count). The summed E-state index contributed by atoms with van der Waals surface area (Å²) in [7, 11) is 0.